The van der Waals surface area contributed by atoms with E-state index in [1.54, 1.807) is 6.20 Å². The number of hydrogen-bond donors (Lipinski definition) is 1. The Hall–Kier alpha value is -1.09. The van der Waals surface area contributed by atoms with Gasteiger partial charge in [0, 0.05) is 25.3 Å². The predicted molar refractivity (Wildman–Crippen MR) is 62.3 cm³/mol. The number of nitrogens with zero attached hydrogens (tertiary/aromatic N) is 2. The zero-order chi connectivity index (χ0) is 10.8. The lowest BCUT2D eigenvalue weighted by Gasteiger charge is -2.20. The van der Waals surface area contributed by atoms with Crippen LogP contribution in [-0.2, 0) is 6.54 Å². The zero-order valence-electron chi connectivity index (χ0n) is 9.48. The third kappa shape index (κ3) is 2.48. The van der Waals surface area contributed by atoms with Gasteiger partial charge in [0.15, 0.2) is 0 Å². The molecule has 1 saturated heterocycles. The van der Waals surface area contributed by atoms with Gasteiger partial charge in [-0.05, 0) is 37.0 Å². The van der Waals surface area contributed by atoms with Gasteiger partial charge in [-0.25, -0.2) is 4.98 Å². The minimum atomic E-state index is 0.618. The van der Waals surface area contributed by atoms with Gasteiger partial charge in [0.25, 0.3) is 0 Å². The number of anilines is 1. The molecule has 0 amide bonds. The van der Waals surface area contributed by atoms with Crippen LogP contribution in [-0.4, -0.2) is 22.5 Å². The van der Waals surface area contributed by atoms with Crippen molar-refractivity contribution >= 4 is 5.82 Å². The van der Waals surface area contributed by atoms with Crippen molar-refractivity contribution in [1.82, 2.24) is 9.88 Å². The monoisotopic (exact) mass is 205 g/mol. The highest BCUT2D eigenvalue weighted by Crippen LogP contribution is 2.24. The number of nitrogen functional groups attached to an aromatic ring is 1. The maximum Gasteiger partial charge on any atom is 0.123 e. The molecule has 1 aliphatic rings. The maximum atomic E-state index is 5.67. The first-order chi connectivity index (χ1) is 7.15. The molecule has 15 heavy (non-hydrogen) atoms. The molecule has 1 aromatic rings. The summed E-state index contributed by atoms with van der Waals surface area (Å²) in [6, 6.07) is 4.70. The summed E-state index contributed by atoms with van der Waals surface area (Å²) in [5.74, 6) is 1.44. The van der Waals surface area contributed by atoms with Gasteiger partial charge in [-0.1, -0.05) is 6.92 Å². The van der Waals surface area contributed by atoms with E-state index in [0.29, 0.717) is 11.9 Å². The predicted octanol–water partition coefficient (Wildman–Crippen LogP) is 1.89. The number of nitrogens with two attached hydrogens (primary N) is 1. The van der Waals surface area contributed by atoms with Gasteiger partial charge >= 0.3 is 0 Å². The van der Waals surface area contributed by atoms with Gasteiger partial charge in [0.2, 0.25) is 0 Å². The Bertz CT molecular complexity index is 337. The fraction of sp³-hybridized carbons (Fsp3) is 0.583. The summed E-state index contributed by atoms with van der Waals surface area (Å²) in [6.45, 7) is 6.81. The van der Waals surface area contributed by atoms with Crippen molar-refractivity contribution < 1.29 is 0 Å². The first-order valence-corrected chi connectivity index (χ1v) is 5.59. The van der Waals surface area contributed by atoms with Gasteiger partial charge in [-0.3, -0.25) is 4.90 Å². The lowest BCUT2D eigenvalue weighted by Crippen LogP contribution is -2.26. The summed E-state index contributed by atoms with van der Waals surface area (Å²) in [6.07, 6.45) is 3.09. The highest BCUT2D eigenvalue weighted by Gasteiger charge is 2.25. The van der Waals surface area contributed by atoms with E-state index in [1.165, 1.54) is 18.5 Å². The quantitative estimate of drug-likeness (QED) is 0.801. The molecule has 2 N–H and O–H groups in total. The van der Waals surface area contributed by atoms with Gasteiger partial charge < -0.3 is 5.73 Å². The van der Waals surface area contributed by atoms with E-state index >= 15 is 0 Å². The molecule has 0 saturated carbocycles. The molecule has 2 rings (SSSR count). The molecule has 1 aromatic heterocycles. The molecule has 3 heteroatoms. The van der Waals surface area contributed by atoms with Gasteiger partial charge in [-0.2, -0.15) is 0 Å². The molecule has 1 aliphatic heterocycles. The summed E-state index contributed by atoms with van der Waals surface area (Å²) in [5.41, 5.74) is 6.93. The molecular formula is C12H19N3. The molecule has 0 bridgehead atoms. The van der Waals surface area contributed by atoms with Crippen LogP contribution in [0.3, 0.4) is 0 Å². The minimum Gasteiger partial charge on any atom is -0.384 e. The standard InChI is InChI=1S/C12H19N3/c1-9-5-10(2)15(7-9)8-11-3-4-14-12(13)6-11/h3-4,6,9-10H,5,7-8H2,1-2H3,(H2,13,14). The maximum absolute atomic E-state index is 5.67. The number of pyridine rings is 1. The zero-order valence-corrected chi connectivity index (χ0v) is 9.48. The molecule has 0 radical (unpaired) electrons. The van der Waals surface area contributed by atoms with Crippen molar-refractivity contribution in [2.45, 2.75) is 32.9 Å². The Morgan fingerprint density at radius 1 is 1.53 bits per heavy atom. The minimum absolute atomic E-state index is 0.618. The molecule has 0 aliphatic carbocycles. The van der Waals surface area contributed by atoms with E-state index in [2.05, 4.69) is 23.7 Å². The second kappa shape index (κ2) is 4.19. The number of rotatable bonds is 2. The van der Waals surface area contributed by atoms with E-state index in [9.17, 15) is 0 Å². The molecular weight excluding hydrogens is 186 g/mol. The fourth-order valence-electron chi connectivity index (χ4n) is 2.43. The van der Waals surface area contributed by atoms with Crippen molar-refractivity contribution in [3.63, 3.8) is 0 Å². The molecule has 0 aromatic carbocycles. The molecule has 2 atom stereocenters. The van der Waals surface area contributed by atoms with E-state index in [-0.39, 0.29) is 0 Å². The first kappa shape index (κ1) is 10.4. The summed E-state index contributed by atoms with van der Waals surface area (Å²) in [7, 11) is 0. The third-order valence-corrected chi connectivity index (χ3v) is 3.14. The summed E-state index contributed by atoms with van der Waals surface area (Å²) in [4.78, 5) is 6.52. The van der Waals surface area contributed by atoms with Crippen molar-refractivity contribution in [3.8, 4) is 0 Å². The third-order valence-electron chi connectivity index (χ3n) is 3.14. The first-order valence-electron chi connectivity index (χ1n) is 5.59. The van der Waals surface area contributed by atoms with Crippen molar-refractivity contribution in [2.24, 2.45) is 5.92 Å². The van der Waals surface area contributed by atoms with Crippen LogP contribution >= 0.6 is 0 Å². The normalized spacial score (nSPS) is 27.1. The van der Waals surface area contributed by atoms with Crippen molar-refractivity contribution in [2.75, 3.05) is 12.3 Å². The van der Waals surface area contributed by atoms with Crippen LogP contribution in [0.15, 0.2) is 18.3 Å². The van der Waals surface area contributed by atoms with Crippen LogP contribution in [0.25, 0.3) is 0 Å². The Kier molecular flexibility index (Phi) is 2.91. The van der Waals surface area contributed by atoms with Crippen LogP contribution in [0.5, 0.6) is 0 Å². The van der Waals surface area contributed by atoms with Crippen LogP contribution in [0.2, 0.25) is 0 Å². The molecule has 1 fully saturated rings. The van der Waals surface area contributed by atoms with Crippen molar-refractivity contribution in [3.05, 3.63) is 23.9 Å². The van der Waals surface area contributed by atoms with Gasteiger partial charge in [0.1, 0.15) is 5.82 Å². The van der Waals surface area contributed by atoms with Crippen LogP contribution in [0.4, 0.5) is 5.82 Å². The topological polar surface area (TPSA) is 42.2 Å². The average Bonchev–Trinajstić information content (AvgIpc) is 2.45. The van der Waals surface area contributed by atoms with Crippen LogP contribution in [0.1, 0.15) is 25.8 Å². The molecule has 3 nitrogen and oxygen atoms in total. The smallest absolute Gasteiger partial charge is 0.123 e. The second-order valence-corrected chi connectivity index (χ2v) is 4.71. The van der Waals surface area contributed by atoms with E-state index in [1.807, 2.05) is 12.1 Å². The Morgan fingerprint density at radius 2 is 2.33 bits per heavy atom. The largest absolute Gasteiger partial charge is 0.384 e. The highest BCUT2D eigenvalue weighted by atomic mass is 15.2. The average molecular weight is 205 g/mol. The summed E-state index contributed by atoms with van der Waals surface area (Å²) < 4.78 is 0. The summed E-state index contributed by atoms with van der Waals surface area (Å²) >= 11 is 0. The number of aromatic nitrogens is 1. The Labute approximate surface area is 91.3 Å². The van der Waals surface area contributed by atoms with E-state index in [0.717, 1.165) is 12.5 Å². The van der Waals surface area contributed by atoms with E-state index < -0.39 is 0 Å². The van der Waals surface area contributed by atoms with E-state index in [4.69, 9.17) is 5.73 Å². The molecule has 2 unspecified atom stereocenters. The molecule has 82 valence electrons. The second-order valence-electron chi connectivity index (χ2n) is 4.71. The van der Waals surface area contributed by atoms with Crippen LogP contribution < -0.4 is 5.73 Å². The number of hydrogen-bond acceptors (Lipinski definition) is 3. The Morgan fingerprint density at radius 3 is 2.93 bits per heavy atom. The van der Waals surface area contributed by atoms with Gasteiger partial charge in [-0.15, -0.1) is 0 Å². The van der Waals surface area contributed by atoms with Crippen molar-refractivity contribution in [1.29, 1.82) is 0 Å². The van der Waals surface area contributed by atoms with Gasteiger partial charge in [0.05, 0.1) is 0 Å². The summed E-state index contributed by atoms with van der Waals surface area (Å²) in [5, 5.41) is 0. The lowest BCUT2D eigenvalue weighted by molar-refractivity contribution is 0.256. The Balaban J connectivity index is 2.03. The molecule has 2 heterocycles. The van der Waals surface area contributed by atoms with Crippen LogP contribution in [0, 0.1) is 5.92 Å². The SMILES string of the molecule is CC1CC(C)N(Cc2ccnc(N)c2)C1. The number of likely N-dealkylation sites (tertiary alicyclic amines) is 1. The highest BCUT2D eigenvalue weighted by molar-refractivity contribution is 5.31. The fourth-order valence-corrected chi connectivity index (χ4v) is 2.43. The lowest BCUT2D eigenvalue weighted by atomic mass is 10.1. The molecule has 0 spiro atoms.